The number of thiazole rings is 1. The maximum Gasteiger partial charge on any atom is 0.253 e. The largest absolute Gasteiger partial charge is 0.497 e. The highest BCUT2D eigenvalue weighted by atomic mass is 32.1. The van der Waals surface area contributed by atoms with Gasteiger partial charge in [0, 0.05) is 5.69 Å². The number of hydrogen-bond donors (Lipinski definition) is 1. The molecule has 1 heterocycles. The number of fused-ring (bicyclic) bond motifs is 1. The number of anilines is 1. The molecule has 0 radical (unpaired) electrons. The minimum Gasteiger partial charge on any atom is -0.497 e. The minimum atomic E-state index is -0.565. The van der Waals surface area contributed by atoms with Gasteiger partial charge in [0.15, 0.2) is 0 Å². The lowest BCUT2D eigenvalue weighted by molar-refractivity contribution is -0.127. The van der Waals surface area contributed by atoms with Gasteiger partial charge in [-0.3, -0.25) is 4.79 Å². The highest BCUT2D eigenvalue weighted by molar-refractivity contribution is 7.18. The van der Waals surface area contributed by atoms with Gasteiger partial charge in [0.05, 0.1) is 28.9 Å². The first kappa shape index (κ1) is 17.4. The van der Waals surface area contributed by atoms with E-state index < -0.39 is 6.10 Å². The summed E-state index contributed by atoms with van der Waals surface area (Å²) < 4.78 is 11.9. The molecule has 0 bridgehead atoms. The van der Waals surface area contributed by atoms with Crippen molar-refractivity contribution in [1.29, 1.82) is 0 Å². The molecule has 5 nitrogen and oxygen atoms in total. The molecule has 1 N–H and O–H groups in total. The average Bonchev–Trinajstić information content (AvgIpc) is 2.99. The number of carbonyl (C=O) groups excluding carboxylic acids is 1. The van der Waals surface area contributed by atoms with Crippen molar-refractivity contribution in [1.82, 2.24) is 4.98 Å². The van der Waals surface area contributed by atoms with Gasteiger partial charge in [-0.25, -0.2) is 4.98 Å². The van der Waals surface area contributed by atoms with Crippen LogP contribution >= 0.6 is 11.3 Å². The highest BCUT2D eigenvalue weighted by Crippen LogP contribution is 2.25. The molecule has 0 spiro atoms. The Morgan fingerprint density at radius 2 is 2.12 bits per heavy atom. The van der Waals surface area contributed by atoms with Crippen molar-refractivity contribution < 1.29 is 14.3 Å². The molecule has 2 aromatic carbocycles. The molecule has 3 rings (SSSR count). The number of aromatic nitrogens is 1. The van der Waals surface area contributed by atoms with Crippen LogP contribution in [0.15, 0.2) is 42.5 Å². The maximum atomic E-state index is 12.3. The van der Waals surface area contributed by atoms with E-state index in [2.05, 4.69) is 10.3 Å². The Morgan fingerprint density at radius 3 is 2.92 bits per heavy atom. The third kappa shape index (κ3) is 4.35. The van der Waals surface area contributed by atoms with E-state index in [4.69, 9.17) is 9.47 Å². The van der Waals surface area contributed by atoms with Crippen LogP contribution in [-0.4, -0.2) is 24.1 Å². The van der Waals surface area contributed by atoms with E-state index >= 15 is 0 Å². The second kappa shape index (κ2) is 7.63. The number of aryl methyl sites for hydroxylation is 1. The number of methoxy groups -OCH3 is 1. The summed E-state index contributed by atoms with van der Waals surface area (Å²) in [5.74, 6) is 0.592. The first-order valence-electron chi connectivity index (χ1n) is 7.98. The van der Waals surface area contributed by atoms with Crippen LogP contribution in [0.1, 0.15) is 17.5 Å². The molecule has 1 unspecified atom stereocenters. The summed E-state index contributed by atoms with van der Waals surface area (Å²) in [6.07, 6.45) is -0.565. The Hall–Kier alpha value is -2.44. The molecule has 0 fully saturated rings. The zero-order valence-corrected chi connectivity index (χ0v) is 15.2. The summed E-state index contributed by atoms with van der Waals surface area (Å²) in [6.45, 7) is 4.06. The van der Waals surface area contributed by atoms with Gasteiger partial charge in [-0.15, -0.1) is 11.3 Å². The molecule has 0 aliphatic heterocycles. The second-order valence-corrected chi connectivity index (χ2v) is 6.94. The fourth-order valence-corrected chi connectivity index (χ4v) is 3.29. The van der Waals surface area contributed by atoms with Crippen LogP contribution in [0.5, 0.6) is 5.75 Å². The van der Waals surface area contributed by atoms with Gasteiger partial charge in [-0.1, -0.05) is 12.1 Å². The van der Waals surface area contributed by atoms with Crippen LogP contribution in [-0.2, 0) is 16.1 Å². The summed E-state index contributed by atoms with van der Waals surface area (Å²) >= 11 is 1.61. The number of rotatable bonds is 6. The lowest BCUT2D eigenvalue weighted by Crippen LogP contribution is -2.27. The Balaban J connectivity index is 1.59. The van der Waals surface area contributed by atoms with Crippen LogP contribution < -0.4 is 10.1 Å². The first-order chi connectivity index (χ1) is 12.0. The van der Waals surface area contributed by atoms with Crippen molar-refractivity contribution in [3.05, 3.63) is 53.0 Å². The third-order valence-corrected chi connectivity index (χ3v) is 4.70. The summed E-state index contributed by atoms with van der Waals surface area (Å²) in [4.78, 5) is 16.7. The predicted molar refractivity (Wildman–Crippen MR) is 100 cm³/mol. The molecule has 25 heavy (non-hydrogen) atoms. The first-order valence-corrected chi connectivity index (χ1v) is 8.79. The SMILES string of the molecule is COc1cccc(COC(C)C(=O)Nc2ccc3nc(C)sc3c2)c1. The molecular weight excluding hydrogens is 336 g/mol. The monoisotopic (exact) mass is 356 g/mol. The molecule has 0 aliphatic carbocycles. The molecule has 0 saturated carbocycles. The van der Waals surface area contributed by atoms with E-state index in [-0.39, 0.29) is 5.91 Å². The number of hydrogen-bond acceptors (Lipinski definition) is 5. The smallest absolute Gasteiger partial charge is 0.253 e. The Labute approximate surface area is 150 Å². The average molecular weight is 356 g/mol. The van der Waals surface area contributed by atoms with E-state index in [1.54, 1.807) is 25.4 Å². The highest BCUT2D eigenvalue weighted by Gasteiger charge is 2.14. The van der Waals surface area contributed by atoms with Crippen molar-refractivity contribution in [2.75, 3.05) is 12.4 Å². The van der Waals surface area contributed by atoms with E-state index in [9.17, 15) is 4.79 Å². The Kier molecular flexibility index (Phi) is 5.31. The molecule has 1 amide bonds. The summed E-state index contributed by atoms with van der Waals surface area (Å²) in [5.41, 5.74) is 2.65. The van der Waals surface area contributed by atoms with Crippen molar-refractivity contribution in [3.63, 3.8) is 0 Å². The molecule has 1 aromatic heterocycles. The van der Waals surface area contributed by atoms with E-state index in [0.29, 0.717) is 6.61 Å². The quantitative estimate of drug-likeness (QED) is 0.720. The summed E-state index contributed by atoms with van der Waals surface area (Å²) in [7, 11) is 1.62. The van der Waals surface area contributed by atoms with Crippen LogP contribution in [0.2, 0.25) is 0 Å². The van der Waals surface area contributed by atoms with Crippen molar-refractivity contribution >= 4 is 33.1 Å². The number of nitrogens with zero attached hydrogens (tertiary/aromatic N) is 1. The normalized spacial score (nSPS) is 12.1. The van der Waals surface area contributed by atoms with Crippen LogP contribution in [0.25, 0.3) is 10.2 Å². The lowest BCUT2D eigenvalue weighted by Gasteiger charge is -2.14. The molecule has 0 saturated heterocycles. The van der Waals surface area contributed by atoms with Gasteiger partial charge < -0.3 is 14.8 Å². The number of ether oxygens (including phenoxy) is 2. The van der Waals surface area contributed by atoms with Gasteiger partial charge in [0.2, 0.25) is 0 Å². The van der Waals surface area contributed by atoms with E-state index in [1.165, 1.54) is 0 Å². The maximum absolute atomic E-state index is 12.3. The van der Waals surface area contributed by atoms with Crippen LogP contribution in [0, 0.1) is 6.92 Å². The van der Waals surface area contributed by atoms with Crippen molar-refractivity contribution in [2.45, 2.75) is 26.6 Å². The number of benzene rings is 2. The fraction of sp³-hybridized carbons (Fsp3) is 0.263. The van der Waals surface area contributed by atoms with Crippen molar-refractivity contribution in [2.24, 2.45) is 0 Å². The van der Waals surface area contributed by atoms with Crippen LogP contribution in [0.3, 0.4) is 0 Å². The molecule has 130 valence electrons. The fourth-order valence-electron chi connectivity index (χ4n) is 2.42. The number of amides is 1. The van der Waals surface area contributed by atoms with E-state index in [0.717, 1.165) is 32.2 Å². The number of carbonyl (C=O) groups is 1. The van der Waals surface area contributed by atoms with Gasteiger partial charge in [0.1, 0.15) is 11.9 Å². The molecule has 0 aliphatic rings. The van der Waals surface area contributed by atoms with E-state index in [1.807, 2.05) is 49.4 Å². The van der Waals surface area contributed by atoms with Gasteiger partial charge in [-0.05, 0) is 49.7 Å². The van der Waals surface area contributed by atoms with Gasteiger partial charge in [-0.2, -0.15) is 0 Å². The zero-order chi connectivity index (χ0) is 17.8. The molecule has 6 heteroatoms. The third-order valence-electron chi connectivity index (χ3n) is 3.77. The predicted octanol–water partition coefficient (Wildman–Crippen LogP) is 4.16. The topological polar surface area (TPSA) is 60.5 Å². The lowest BCUT2D eigenvalue weighted by atomic mass is 10.2. The van der Waals surface area contributed by atoms with Crippen LogP contribution in [0.4, 0.5) is 5.69 Å². The Morgan fingerprint density at radius 1 is 1.28 bits per heavy atom. The molecule has 1 atom stereocenters. The van der Waals surface area contributed by atoms with Crippen molar-refractivity contribution in [3.8, 4) is 5.75 Å². The number of nitrogens with one attached hydrogen (secondary N) is 1. The summed E-state index contributed by atoms with van der Waals surface area (Å²) in [5, 5.41) is 3.90. The molecule has 3 aromatic rings. The molecular formula is C19H20N2O3S. The second-order valence-electron chi connectivity index (χ2n) is 5.71. The standard InChI is InChI=1S/C19H20N2O3S/c1-12(24-11-14-5-4-6-16(9-14)23-3)19(22)21-15-7-8-17-18(10-15)25-13(2)20-17/h4-10,12H,11H2,1-3H3,(H,21,22). The van der Waals surface area contributed by atoms with Gasteiger partial charge in [0.25, 0.3) is 5.91 Å². The van der Waals surface area contributed by atoms with Gasteiger partial charge >= 0.3 is 0 Å². The zero-order valence-electron chi connectivity index (χ0n) is 14.4. The minimum absolute atomic E-state index is 0.177. The summed E-state index contributed by atoms with van der Waals surface area (Å²) in [6, 6.07) is 13.3. The Bertz CT molecular complexity index is 891.